The van der Waals surface area contributed by atoms with Crippen molar-refractivity contribution in [2.24, 2.45) is 0 Å². The average Bonchev–Trinajstić information content (AvgIpc) is 1.97. The van der Waals surface area contributed by atoms with E-state index in [1.807, 2.05) is 21.1 Å². The second-order valence-electron chi connectivity index (χ2n) is 27.0. The molecule has 0 saturated heterocycles. The molecule has 0 aromatic rings. The van der Waals surface area contributed by atoms with Gasteiger partial charge in [-0.05, 0) is 122 Å². The second-order valence-corrected chi connectivity index (χ2v) is 28.4. The number of nitrogens with zero attached hydrogens (tertiary/aromatic N) is 1. The van der Waals surface area contributed by atoms with E-state index in [1.165, 1.54) is 161 Å². The van der Waals surface area contributed by atoms with Crippen LogP contribution in [0.5, 0.6) is 0 Å². The maximum absolute atomic E-state index is 12.9. The summed E-state index contributed by atoms with van der Waals surface area (Å²) in [7, 11) is 1.16. The van der Waals surface area contributed by atoms with Gasteiger partial charge >= 0.3 is 11.9 Å². The highest BCUT2D eigenvalue weighted by atomic mass is 31.2. The van der Waals surface area contributed by atoms with E-state index < -0.39 is 26.5 Å². The summed E-state index contributed by atoms with van der Waals surface area (Å²) in [5, 5.41) is 0. The first-order valence-corrected chi connectivity index (χ1v) is 40.7. The Kier molecular flexibility index (Phi) is 71.4. The van der Waals surface area contributed by atoms with Crippen molar-refractivity contribution in [1.82, 2.24) is 0 Å². The fraction of sp³-hybridized carbons (Fsp3) is 0.674. The number of hydrogen-bond acceptors (Lipinski definition) is 8. The van der Waals surface area contributed by atoms with E-state index in [0.717, 1.165) is 128 Å². The Bertz CT molecular complexity index is 2180. The molecule has 2 unspecified atom stereocenters. The number of ether oxygens (including phenoxy) is 2. The highest BCUT2D eigenvalue weighted by molar-refractivity contribution is 7.45. The smallest absolute Gasteiger partial charge is 0.306 e. The summed E-state index contributed by atoms with van der Waals surface area (Å²) < 4.78 is 34.4. The van der Waals surface area contributed by atoms with Gasteiger partial charge in [0.25, 0.3) is 7.82 Å². The Balaban J connectivity index is 3.99. The SMILES string of the molecule is CC/C=C\C/C=C\C/C=C\C/C=C\C/C=C\C/C=C\C/C=C\CCCCCCCCCCCC(=O)OC(COC(=O)CCCCCCCCCCCCCCCCCCCCCCCC/C=C\C/C=C\C/C=C\C/C=C\C/C=C\C/C=C\CC)COP(=O)([O-])OCC[N+](C)(C)C. The minimum atomic E-state index is -4.66. The Morgan fingerprint density at radius 1 is 0.323 bits per heavy atom. The second kappa shape index (κ2) is 74.8. The summed E-state index contributed by atoms with van der Waals surface area (Å²) >= 11 is 0. The van der Waals surface area contributed by atoms with Gasteiger partial charge in [0, 0.05) is 12.8 Å². The van der Waals surface area contributed by atoms with Crippen molar-refractivity contribution >= 4 is 19.8 Å². The normalized spacial score (nSPS) is 13.9. The molecular weight excluding hydrogens is 1210 g/mol. The minimum Gasteiger partial charge on any atom is -0.756 e. The monoisotopic (exact) mass is 1350 g/mol. The van der Waals surface area contributed by atoms with Gasteiger partial charge < -0.3 is 27.9 Å². The van der Waals surface area contributed by atoms with Crippen LogP contribution in [0.2, 0.25) is 0 Å². The number of allylic oxidation sites excluding steroid dienone is 26. The number of hydrogen-bond donors (Lipinski definition) is 0. The molecule has 96 heavy (non-hydrogen) atoms. The maximum Gasteiger partial charge on any atom is 0.306 e. The third-order valence-corrected chi connectivity index (χ3v) is 17.5. The molecule has 0 rings (SSSR count). The zero-order valence-electron chi connectivity index (χ0n) is 62.5. The van der Waals surface area contributed by atoms with Crippen LogP contribution in [-0.2, 0) is 32.7 Å². The van der Waals surface area contributed by atoms with Crippen LogP contribution in [0.3, 0.4) is 0 Å². The summed E-state index contributed by atoms with van der Waals surface area (Å²) in [5.41, 5.74) is 0. The van der Waals surface area contributed by atoms with Gasteiger partial charge in [-0.1, -0.05) is 345 Å². The lowest BCUT2D eigenvalue weighted by Gasteiger charge is -2.28. The quantitative estimate of drug-likeness (QED) is 0.0195. The number of esters is 2. The predicted molar refractivity (Wildman–Crippen MR) is 415 cm³/mol. The number of likely N-dealkylation sites (N-methyl/N-ethyl adjacent to an activating group) is 1. The van der Waals surface area contributed by atoms with E-state index in [2.05, 4.69) is 172 Å². The minimum absolute atomic E-state index is 0.0373. The Labute approximate surface area is 592 Å². The lowest BCUT2D eigenvalue weighted by Crippen LogP contribution is -2.37. The van der Waals surface area contributed by atoms with Crippen molar-refractivity contribution in [3.63, 3.8) is 0 Å². The molecule has 10 heteroatoms. The van der Waals surface area contributed by atoms with E-state index in [1.54, 1.807) is 0 Å². The van der Waals surface area contributed by atoms with Gasteiger partial charge in [-0.25, -0.2) is 0 Å². The number of phosphoric ester groups is 1. The summed E-state index contributed by atoms with van der Waals surface area (Å²) in [6.07, 6.45) is 112. The topological polar surface area (TPSA) is 111 Å². The molecule has 0 aliphatic heterocycles. The van der Waals surface area contributed by atoms with E-state index >= 15 is 0 Å². The van der Waals surface area contributed by atoms with Crippen LogP contribution in [0.25, 0.3) is 0 Å². The van der Waals surface area contributed by atoms with E-state index in [0.29, 0.717) is 17.4 Å². The molecule has 0 fully saturated rings. The highest BCUT2D eigenvalue weighted by Gasteiger charge is 2.22. The fourth-order valence-electron chi connectivity index (χ4n) is 10.6. The Hall–Kier alpha value is -4.37. The molecule has 0 aromatic carbocycles. The Morgan fingerprint density at radius 2 is 0.562 bits per heavy atom. The first kappa shape index (κ1) is 91.6. The van der Waals surface area contributed by atoms with E-state index in [4.69, 9.17) is 18.5 Å². The summed E-state index contributed by atoms with van der Waals surface area (Å²) in [5.74, 6) is -0.837. The average molecular weight is 1350 g/mol. The van der Waals surface area contributed by atoms with Gasteiger partial charge in [0.05, 0.1) is 27.7 Å². The molecule has 9 nitrogen and oxygen atoms in total. The van der Waals surface area contributed by atoms with Crippen molar-refractivity contribution in [2.75, 3.05) is 47.5 Å². The van der Waals surface area contributed by atoms with Crippen molar-refractivity contribution in [3.8, 4) is 0 Å². The number of rotatable bonds is 71. The van der Waals surface area contributed by atoms with Crippen LogP contribution in [-0.4, -0.2) is 70.0 Å². The third kappa shape index (κ3) is 78.6. The Morgan fingerprint density at radius 3 is 0.833 bits per heavy atom. The molecule has 0 aliphatic carbocycles. The molecule has 0 aliphatic rings. The predicted octanol–water partition coefficient (Wildman–Crippen LogP) is 25.6. The zero-order chi connectivity index (χ0) is 69.7. The third-order valence-electron chi connectivity index (χ3n) is 16.5. The first-order valence-electron chi connectivity index (χ1n) is 39.2. The standard InChI is InChI=1S/C86H146NO8P/c1-6-8-10-12-14-16-18-20-22-24-26-28-30-32-34-36-38-39-40-41-42-43-44-45-46-47-49-50-52-54-56-58-60-62-64-66-68-70-72-74-76-78-85(88)92-82-84(83-94-96(90,91)93-81-80-87(3,4)5)95-86(89)79-77-75-73-71-69-67-65-63-61-59-57-55-53-51-48-37-35-33-31-29-27-25-23-21-19-17-15-13-11-9-7-2/h8-11,14-17,20-23,26-29,32-35,38-39,48,51,55,57,84H,6-7,12-13,18-19,24-25,30-31,36-37,40-47,49-50,52-54,56,58-83H2,1-5H3/b10-8-,11-9-,16-14-,17-15-,22-20-,23-21-,28-26-,29-27-,34-32-,35-33-,39-38-,51-48-,57-55-. The lowest BCUT2D eigenvalue weighted by atomic mass is 10.0. The highest BCUT2D eigenvalue weighted by Crippen LogP contribution is 2.38. The fourth-order valence-corrected chi connectivity index (χ4v) is 11.4. The van der Waals surface area contributed by atoms with Crippen molar-refractivity contribution in [1.29, 1.82) is 0 Å². The maximum atomic E-state index is 12.9. The molecule has 0 radical (unpaired) electrons. The lowest BCUT2D eigenvalue weighted by molar-refractivity contribution is -0.870. The van der Waals surface area contributed by atoms with Gasteiger partial charge in [-0.2, -0.15) is 0 Å². The van der Waals surface area contributed by atoms with Gasteiger partial charge in [0.2, 0.25) is 0 Å². The molecule has 0 bridgehead atoms. The summed E-state index contributed by atoms with van der Waals surface area (Å²) in [6, 6.07) is 0. The molecule has 0 N–H and O–H groups in total. The molecular formula is C86H146NO8P. The van der Waals surface area contributed by atoms with Crippen molar-refractivity contribution < 1.29 is 42.1 Å². The number of phosphoric acid groups is 1. The number of quaternary nitrogens is 1. The molecule has 0 heterocycles. The van der Waals surface area contributed by atoms with Gasteiger partial charge in [-0.15, -0.1) is 0 Å². The molecule has 0 amide bonds. The van der Waals surface area contributed by atoms with Crippen molar-refractivity contribution in [3.05, 3.63) is 158 Å². The van der Waals surface area contributed by atoms with Gasteiger partial charge in [0.1, 0.15) is 19.8 Å². The van der Waals surface area contributed by atoms with Crippen LogP contribution in [0, 0.1) is 0 Å². The van der Waals surface area contributed by atoms with Crippen LogP contribution >= 0.6 is 7.82 Å². The van der Waals surface area contributed by atoms with Crippen LogP contribution < -0.4 is 4.89 Å². The summed E-state index contributed by atoms with van der Waals surface area (Å²) in [4.78, 5) is 38.2. The van der Waals surface area contributed by atoms with E-state index in [-0.39, 0.29) is 32.0 Å². The van der Waals surface area contributed by atoms with E-state index in [9.17, 15) is 19.0 Å². The first-order chi connectivity index (χ1) is 47.0. The van der Waals surface area contributed by atoms with Crippen LogP contribution in [0.15, 0.2) is 158 Å². The van der Waals surface area contributed by atoms with Crippen molar-refractivity contribution in [2.45, 2.75) is 328 Å². The van der Waals surface area contributed by atoms with Gasteiger partial charge in [-0.3, -0.25) is 14.2 Å². The number of unbranched alkanes of at least 4 members (excludes halogenated alkanes) is 31. The zero-order valence-corrected chi connectivity index (χ0v) is 63.4. The van der Waals surface area contributed by atoms with Crippen LogP contribution in [0.4, 0.5) is 0 Å². The van der Waals surface area contributed by atoms with Gasteiger partial charge in [0.15, 0.2) is 6.10 Å². The largest absolute Gasteiger partial charge is 0.756 e. The molecule has 0 saturated carbocycles. The number of carbonyl (C=O) groups is 2. The number of carbonyl (C=O) groups excluding carboxylic acids is 2. The summed E-state index contributed by atoms with van der Waals surface area (Å²) in [6.45, 7) is 4.02. The molecule has 0 spiro atoms. The molecule has 0 aromatic heterocycles. The van der Waals surface area contributed by atoms with Crippen LogP contribution in [0.1, 0.15) is 322 Å². The molecule has 548 valence electrons. The molecule has 2 atom stereocenters.